The van der Waals surface area contributed by atoms with Gasteiger partial charge in [0.2, 0.25) is 0 Å². The van der Waals surface area contributed by atoms with Crippen LogP contribution >= 0.6 is 12.4 Å². The standard InChI is InChI=1S/C19H24N2O.ClH/c1-14-19(22-2)18(12-13-20-14)21-17-10-8-16(9-11-17)15-6-4-3-5-7-15;/h3-7,12-13,16-17H,8-11H2,1-2H3,(H,20,21);1H/t16-,17+;. The van der Waals surface area contributed by atoms with Gasteiger partial charge in [0.15, 0.2) is 5.75 Å². The quantitative estimate of drug-likeness (QED) is 0.859. The summed E-state index contributed by atoms with van der Waals surface area (Å²) in [5, 5.41) is 3.65. The second-order valence-corrected chi connectivity index (χ2v) is 6.08. The number of pyridine rings is 1. The van der Waals surface area contributed by atoms with Gasteiger partial charge >= 0.3 is 0 Å². The zero-order valence-corrected chi connectivity index (χ0v) is 14.6. The van der Waals surface area contributed by atoms with Crippen LogP contribution < -0.4 is 10.1 Å². The average molecular weight is 333 g/mol. The second-order valence-electron chi connectivity index (χ2n) is 6.08. The molecule has 3 rings (SSSR count). The van der Waals surface area contributed by atoms with Crippen LogP contribution in [0.2, 0.25) is 0 Å². The lowest BCUT2D eigenvalue weighted by molar-refractivity contribution is 0.399. The Morgan fingerprint density at radius 3 is 2.39 bits per heavy atom. The normalized spacial score (nSPS) is 20.4. The number of methoxy groups -OCH3 is 1. The van der Waals surface area contributed by atoms with Crippen LogP contribution in [0.4, 0.5) is 5.69 Å². The van der Waals surface area contributed by atoms with Crippen LogP contribution in [0.25, 0.3) is 0 Å². The molecule has 1 fully saturated rings. The van der Waals surface area contributed by atoms with Crippen LogP contribution in [-0.4, -0.2) is 18.1 Å². The third-order valence-corrected chi connectivity index (χ3v) is 4.64. The van der Waals surface area contributed by atoms with Crippen molar-refractivity contribution in [1.82, 2.24) is 4.98 Å². The van der Waals surface area contributed by atoms with Crippen molar-refractivity contribution >= 4 is 18.1 Å². The van der Waals surface area contributed by atoms with E-state index in [4.69, 9.17) is 4.74 Å². The number of benzene rings is 1. The van der Waals surface area contributed by atoms with Crippen molar-refractivity contribution in [2.45, 2.75) is 44.6 Å². The van der Waals surface area contributed by atoms with E-state index >= 15 is 0 Å². The monoisotopic (exact) mass is 332 g/mol. The Morgan fingerprint density at radius 1 is 1.04 bits per heavy atom. The van der Waals surface area contributed by atoms with Crippen LogP contribution in [0.15, 0.2) is 42.6 Å². The maximum absolute atomic E-state index is 5.48. The molecule has 0 unspecified atom stereocenters. The number of aromatic nitrogens is 1. The van der Waals surface area contributed by atoms with Crippen molar-refractivity contribution in [3.05, 3.63) is 53.9 Å². The molecule has 1 aromatic carbocycles. The molecule has 0 radical (unpaired) electrons. The molecule has 2 aromatic rings. The van der Waals surface area contributed by atoms with Gasteiger partial charge in [-0.25, -0.2) is 0 Å². The molecular formula is C19H25ClN2O. The second kappa shape index (κ2) is 8.21. The van der Waals surface area contributed by atoms with Gasteiger partial charge in [-0.15, -0.1) is 12.4 Å². The number of hydrogen-bond donors (Lipinski definition) is 1. The van der Waals surface area contributed by atoms with Crippen LogP contribution in [0, 0.1) is 6.92 Å². The van der Waals surface area contributed by atoms with Gasteiger partial charge in [-0.05, 0) is 50.2 Å². The molecule has 0 spiro atoms. The first-order chi connectivity index (χ1) is 10.8. The molecule has 1 aliphatic rings. The summed E-state index contributed by atoms with van der Waals surface area (Å²) in [6, 6.07) is 13.4. The van der Waals surface area contributed by atoms with Gasteiger partial charge < -0.3 is 10.1 Å². The lowest BCUT2D eigenvalue weighted by Gasteiger charge is -2.30. The molecule has 23 heavy (non-hydrogen) atoms. The maximum Gasteiger partial charge on any atom is 0.163 e. The smallest absolute Gasteiger partial charge is 0.163 e. The fraction of sp³-hybridized carbons (Fsp3) is 0.421. The number of hydrogen-bond acceptors (Lipinski definition) is 3. The Bertz CT molecular complexity index is 610. The van der Waals surface area contributed by atoms with Crippen molar-refractivity contribution in [3.63, 3.8) is 0 Å². The third kappa shape index (κ3) is 4.17. The topological polar surface area (TPSA) is 34.1 Å². The highest BCUT2D eigenvalue weighted by Crippen LogP contribution is 2.35. The molecule has 0 atom stereocenters. The van der Waals surface area contributed by atoms with Crippen molar-refractivity contribution in [3.8, 4) is 5.75 Å². The predicted octanol–water partition coefficient (Wildman–Crippen LogP) is 4.96. The Kier molecular flexibility index (Phi) is 6.28. The maximum atomic E-state index is 5.48. The molecule has 124 valence electrons. The first-order valence-corrected chi connectivity index (χ1v) is 8.09. The molecule has 3 nitrogen and oxygen atoms in total. The first kappa shape index (κ1) is 17.6. The van der Waals surface area contributed by atoms with E-state index in [-0.39, 0.29) is 12.4 Å². The molecule has 0 aliphatic heterocycles. The van der Waals surface area contributed by atoms with Crippen molar-refractivity contribution in [2.75, 3.05) is 12.4 Å². The first-order valence-electron chi connectivity index (χ1n) is 8.09. The average Bonchev–Trinajstić information content (AvgIpc) is 2.57. The summed E-state index contributed by atoms with van der Waals surface area (Å²) in [5.74, 6) is 1.58. The van der Waals surface area contributed by atoms with E-state index in [9.17, 15) is 0 Å². The van der Waals surface area contributed by atoms with Gasteiger partial charge in [0.25, 0.3) is 0 Å². The highest BCUT2D eigenvalue weighted by Gasteiger charge is 2.23. The van der Waals surface area contributed by atoms with Gasteiger partial charge in [0.05, 0.1) is 18.5 Å². The van der Waals surface area contributed by atoms with Gasteiger partial charge in [-0.2, -0.15) is 0 Å². The Labute approximate surface area is 144 Å². The molecule has 4 heteroatoms. The summed E-state index contributed by atoms with van der Waals surface area (Å²) in [4.78, 5) is 4.29. The number of nitrogens with zero attached hydrogens (tertiary/aromatic N) is 1. The van der Waals surface area contributed by atoms with E-state index in [1.54, 1.807) is 7.11 Å². The van der Waals surface area contributed by atoms with Crippen molar-refractivity contribution in [2.24, 2.45) is 0 Å². The molecule has 1 aliphatic carbocycles. The number of anilines is 1. The van der Waals surface area contributed by atoms with E-state index in [0.29, 0.717) is 12.0 Å². The van der Waals surface area contributed by atoms with Crippen LogP contribution in [0.3, 0.4) is 0 Å². The number of rotatable bonds is 4. The SMILES string of the molecule is COc1c(N[C@H]2CC[C@@H](c3ccccc3)CC2)ccnc1C.Cl. The molecular weight excluding hydrogens is 308 g/mol. The van der Waals surface area contributed by atoms with E-state index in [1.807, 2.05) is 19.2 Å². The minimum atomic E-state index is 0. The summed E-state index contributed by atoms with van der Waals surface area (Å²) >= 11 is 0. The molecule has 0 bridgehead atoms. The number of aryl methyl sites for hydroxylation is 1. The molecule has 0 amide bonds. The highest BCUT2D eigenvalue weighted by molar-refractivity contribution is 5.85. The summed E-state index contributed by atoms with van der Waals surface area (Å²) in [7, 11) is 1.71. The molecule has 0 saturated heterocycles. The summed E-state index contributed by atoms with van der Waals surface area (Å²) in [6.07, 6.45) is 6.73. The van der Waals surface area contributed by atoms with Gasteiger partial charge in [0, 0.05) is 12.2 Å². The molecule has 1 aromatic heterocycles. The lowest BCUT2D eigenvalue weighted by atomic mass is 9.82. The molecule has 1 N–H and O–H groups in total. The van der Waals surface area contributed by atoms with Gasteiger partial charge in [-0.3, -0.25) is 4.98 Å². The van der Waals surface area contributed by atoms with Crippen LogP contribution in [-0.2, 0) is 0 Å². The number of ether oxygens (including phenoxy) is 1. The summed E-state index contributed by atoms with van der Waals surface area (Å²) in [6.45, 7) is 1.98. The summed E-state index contributed by atoms with van der Waals surface area (Å²) in [5.41, 5.74) is 3.49. The van der Waals surface area contributed by atoms with Crippen molar-refractivity contribution in [1.29, 1.82) is 0 Å². The highest BCUT2D eigenvalue weighted by atomic mass is 35.5. The lowest BCUT2D eigenvalue weighted by Crippen LogP contribution is -2.25. The Balaban J connectivity index is 0.00000192. The van der Waals surface area contributed by atoms with E-state index < -0.39 is 0 Å². The zero-order chi connectivity index (χ0) is 15.4. The van der Waals surface area contributed by atoms with Crippen LogP contribution in [0.1, 0.15) is 42.9 Å². The van der Waals surface area contributed by atoms with Gasteiger partial charge in [0.1, 0.15) is 0 Å². The largest absolute Gasteiger partial charge is 0.493 e. The zero-order valence-electron chi connectivity index (χ0n) is 13.8. The van der Waals surface area contributed by atoms with E-state index in [2.05, 4.69) is 40.6 Å². The third-order valence-electron chi connectivity index (χ3n) is 4.64. The number of nitrogens with one attached hydrogen (secondary N) is 1. The van der Waals surface area contributed by atoms with E-state index in [0.717, 1.165) is 17.1 Å². The van der Waals surface area contributed by atoms with Crippen molar-refractivity contribution < 1.29 is 4.74 Å². The Morgan fingerprint density at radius 2 is 1.74 bits per heavy atom. The molecule has 1 heterocycles. The molecule has 1 saturated carbocycles. The fourth-order valence-corrected chi connectivity index (χ4v) is 3.44. The minimum Gasteiger partial charge on any atom is -0.493 e. The fourth-order valence-electron chi connectivity index (χ4n) is 3.44. The van der Waals surface area contributed by atoms with Crippen LogP contribution in [0.5, 0.6) is 5.75 Å². The summed E-state index contributed by atoms with van der Waals surface area (Å²) < 4.78 is 5.48. The minimum absolute atomic E-state index is 0. The van der Waals surface area contributed by atoms with E-state index in [1.165, 1.54) is 31.2 Å². The Hall–Kier alpha value is -1.74. The van der Waals surface area contributed by atoms with Gasteiger partial charge in [-0.1, -0.05) is 30.3 Å². The number of halogens is 1. The predicted molar refractivity (Wildman–Crippen MR) is 97.8 cm³/mol.